The maximum atomic E-state index is 12.9. The van der Waals surface area contributed by atoms with Crippen molar-refractivity contribution in [3.05, 3.63) is 93.4 Å². The predicted molar refractivity (Wildman–Crippen MR) is 123 cm³/mol. The average Bonchev–Trinajstić information content (AvgIpc) is 3.14. The molecule has 158 valence electrons. The van der Waals surface area contributed by atoms with Crippen LogP contribution >= 0.6 is 0 Å². The van der Waals surface area contributed by atoms with Gasteiger partial charge in [-0.3, -0.25) is 9.69 Å². The number of imide groups is 1. The smallest absolute Gasteiger partial charge is 0.318 e. The van der Waals surface area contributed by atoms with Gasteiger partial charge in [0.2, 0.25) is 0 Å². The van der Waals surface area contributed by atoms with E-state index in [2.05, 4.69) is 48.9 Å². The van der Waals surface area contributed by atoms with E-state index >= 15 is 0 Å². The number of carbonyl (C=O) groups is 2. The summed E-state index contributed by atoms with van der Waals surface area (Å²) in [5.74, 6) is -0.303. The lowest BCUT2D eigenvalue weighted by atomic mass is 10.1. The Hall–Kier alpha value is -3.60. The average molecular weight is 414 g/mol. The molecule has 1 aliphatic rings. The number of benzene rings is 2. The molecule has 31 heavy (non-hydrogen) atoms. The fraction of sp³-hybridized carbons (Fsp3) is 0.231. The van der Waals surface area contributed by atoms with Gasteiger partial charge in [-0.2, -0.15) is 0 Å². The molecule has 0 bridgehead atoms. The molecular weight excluding hydrogens is 386 g/mol. The zero-order valence-corrected chi connectivity index (χ0v) is 18.6. The Morgan fingerprint density at radius 2 is 1.68 bits per heavy atom. The van der Waals surface area contributed by atoms with E-state index < -0.39 is 0 Å². The molecule has 5 nitrogen and oxygen atoms in total. The monoisotopic (exact) mass is 413 g/mol. The Morgan fingerprint density at radius 1 is 0.935 bits per heavy atom. The third-order valence-electron chi connectivity index (χ3n) is 5.97. The Balaban J connectivity index is 1.66. The molecular formula is C26H27N3O2. The van der Waals surface area contributed by atoms with Crippen LogP contribution in [0, 0.1) is 34.6 Å². The Bertz CT molecular complexity index is 1230. The lowest BCUT2D eigenvalue weighted by Crippen LogP contribution is -2.30. The minimum Gasteiger partial charge on any atom is -0.318 e. The molecule has 1 saturated heterocycles. The van der Waals surface area contributed by atoms with E-state index in [9.17, 15) is 9.59 Å². The molecule has 0 saturated carbocycles. The first kappa shape index (κ1) is 20.7. The predicted octanol–water partition coefficient (Wildman–Crippen LogP) is 5.11. The first-order chi connectivity index (χ1) is 14.8. The van der Waals surface area contributed by atoms with Crippen LogP contribution < -0.4 is 5.32 Å². The molecule has 2 heterocycles. The van der Waals surface area contributed by atoms with Crippen molar-refractivity contribution in [1.82, 2.24) is 14.8 Å². The summed E-state index contributed by atoms with van der Waals surface area (Å²) < 4.78 is 2.19. The van der Waals surface area contributed by atoms with Gasteiger partial charge in [-0.15, -0.1) is 0 Å². The second kappa shape index (κ2) is 7.91. The third-order valence-corrected chi connectivity index (χ3v) is 5.97. The van der Waals surface area contributed by atoms with Crippen LogP contribution in [0.4, 0.5) is 4.79 Å². The molecule has 2 aromatic carbocycles. The summed E-state index contributed by atoms with van der Waals surface area (Å²) in [7, 11) is 0. The van der Waals surface area contributed by atoms with Gasteiger partial charge in [0.15, 0.2) is 0 Å². The first-order valence-corrected chi connectivity index (χ1v) is 10.4. The number of hydrogen-bond donors (Lipinski definition) is 1. The van der Waals surface area contributed by atoms with Crippen molar-refractivity contribution >= 4 is 18.0 Å². The number of amides is 3. The summed E-state index contributed by atoms with van der Waals surface area (Å²) in [4.78, 5) is 26.7. The number of nitrogens with zero attached hydrogens (tertiary/aromatic N) is 2. The quantitative estimate of drug-likeness (QED) is 0.477. The number of nitrogens with one attached hydrogen (secondary N) is 1. The zero-order chi connectivity index (χ0) is 22.3. The number of carbonyl (C=O) groups excluding carboxylic acids is 2. The summed E-state index contributed by atoms with van der Waals surface area (Å²) in [6.45, 7) is 10.6. The molecule has 1 fully saturated rings. The van der Waals surface area contributed by atoms with E-state index in [1.807, 2.05) is 44.2 Å². The standard InChI is InChI=1S/C26H27N3O2/c1-16-8-6-10-21(12-16)15-28-25(30)23(27-26(28)31)14-22-13-18(3)29(20(22)5)24-11-7-9-17(2)19(24)4/h6-14H,15H2,1-5H3,(H,27,31)/b23-14+. The molecule has 0 radical (unpaired) electrons. The van der Waals surface area contributed by atoms with Crippen molar-refractivity contribution in [3.63, 3.8) is 0 Å². The highest BCUT2D eigenvalue weighted by Gasteiger charge is 2.33. The largest absolute Gasteiger partial charge is 0.329 e. The minimum atomic E-state index is -0.388. The number of aryl methyl sites for hydroxylation is 3. The molecule has 0 unspecified atom stereocenters. The van der Waals surface area contributed by atoms with Crippen molar-refractivity contribution in [2.24, 2.45) is 0 Å². The van der Waals surface area contributed by atoms with Crippen molar-refractivity contribution in [1.29, 1.82) is 0 Å². The van der Waals surface area contributed by atoms with Gasteiger partial charge in [0.25, 0.3) is 5.91 Å². The number of rotatable bonds is 4. The Labute approximate surface area is 183 Å². The number of hydrogen-bond acceptors (Lipinski definition) is 2. The lowest BCUT2D eigenvalue weighted by Gasteiger charge is -2.14. The normalized spacial score (nSPS) is 15.1. The van der Waals surface area contributed by atoms with Gasteiger partial charge in [0, 0.05) is 17.1 Å². The molecule has 1 N–H and O–H groups in total. The van der Waals surface area contributed by atoms with E-state index in [-0.39, 0.29) is 18.5 Å². The number of aromatic nitrogens is 1. The highest BCUT2D eigenvalue weighted by molar-refractivity contribution is 6.14. The fourth-order valence-corrected chi connectivity index (χ4v) is 4.15. The first-order valence-electron chi connectivity index (χ1n) is 10.4. The maximum Gasteiger partial charge on any atom is 0.329 e. The minimum absolute atomic E-state index is 0.255. The van der Waals surface area contributed by atoms with E-state index in [0.717, 1.165) is 33.8 Å². The van der Waals surface area contributed by atoms with Gasteiger partial charge in [0.1, 0.15) is 5.70 Å². The molecule has 1 aromatic heterocycles. The summed E-state index contributed by atoms with van der Waals surface area (Å²) in [6, 6.07) is 15.8. The Morgan fingerprint density at radius 3 is 2.42 bits per heavy atom. The van der Waals surface area contributed by atoms with Crippen molar-refractivity contribution in [3.8, 4) is 5.69 Å². The zero-order valence-electron chi connectivity index (χ0n) is 18.6. The van der Waals surface area contributed by atoms with E-state index in [0.29, 0.717) is 5.70 Å². The summed E-state index contributed by atoms with van der Waals surface area (Å²) >= 11 is 0. The number of urea groups is 1. The second-order valence-electron chi connectivity index (χ2n) is 8.25. The van der Waals surface area contributed by atoms with Crippen LogP contribution in [-0.4, -0.2) is 21.4 Å². The topological polar surface area (TPSA) is 54.3 Å². The molecule has 0 spiro atoms. The van der Waals surface area contributed by atoms with Gasteiger partial charge < -0.3 is 9.88 Å². The van der Waals surface area contributed by atoms with Crippen LogP contribution in [0.3, 0.4) is 0 Å². The van der Waals surface area contributed by atoms with Crippen molar-refractivity contribution in [2.75, 3.05) is 0 Å². The van der Waals surface area contributed by atoms with Crippen LogP contribution in [0.15, 0.2) is 54.2 Å². The van der Waals surface area contributed by atoms with Crippen molar-refractivity contribution in [2.45, 2.75) is 41.2 Å². The highest BCUT2D eigenvalue weighted by Crippen LogP contribution is 2.27. The van der Waals surface area contributed by atoms with Gasteiger partial charge in [0.05, 0.1) is 6.54 Å². The van der Waals surface area contributed by atoms with E-state index in [1.54, 1.807) is 6.08 Å². The summed E-state index contributed by atoms with van der Waals surface area (Å²) in [5.41, 5.74) is 8.93. The molecule has 3 amide bonds. The molecule has 3 aromatic rings. The van der Waals surface area contributed by atoms with Gasteiger partial charge in [-0.1, -0.05) is 42.0 Å². The SMILES string of the molecule is Cc1cccc(CN2C(=O)N/C(=C/c3cc(C)n(-c4cccc(C)c4C)c3C)C2=O)c1. The van der Waals surface area contributed by atoms with Gasteiger partial charge in [-0.05, 0) is 75.1 Å². The van der Waals surface area contributed by atoms with Crippen LogP contribution in [0.2, 0.25) is 0 Å². The molecule has 0 aliphatic carbocycles. The van der Waals surface area contributed by atoms with E-state index in [1.165, 1.54) is 16.0 Å². The van der Waals surface area contributed by atoms with Gasteiger partial charge >= 0.3 is 6.03 Å². The molecule has 4 rings (SSSR count). The van der Waals surface area contributed by atoms with Crippen molar-refractivity contribution < 1.29 is 9.59 Å². The van der Waals surface area contributed by atoms with Crippen LogP contribution in [-0.2, 0) is 11.3 Å². The third kappa shape index (κ3) is 3.79. The molecule has 1 aliphatic heterocycles. The maximum absolute atomic E-state index is 12.9. The summed E-state index contributed by atoms with van der Waals surface area (Å²) in [6.07, 6.45) is 1.78. The van der Waals surface area contributed by atoms with Gasteiger partial charge in [-0.25, -0.2) is 4.79 Å². The Kier molecular flexibility index (Phi) is 5.27. The molecule has 0 atom stereocenters. The van der Waals surface area contributed by atoms with Crippen LogP contribution in [0.1, 0.15) is 39.2 Å². The van der Waals surface area contributed by atoms with Crippen LogP contribution in [0.25, 0.3) is 11.8 Å². The highest BCUT2D eigenvalue weighted by atomic mass is 16.2. The van der Waals surface area contributed by atoms with Crippen LogP contribution in [0.5, 0.6) is 0 Å². The summed E-state index contributed by atoms with van der Waals surface area (Å²) in [5, 5.41) is 2.74. The second-order valence-corrected chi connectivity index (χ2v) is 8.25. The lowest BCUT2D eigenvalue weighted by molar-refractivity contribution is -0.123. The molecule has 5 heteroatoms. The fourth-order valence-electron chi connectivity index (χ4n) is 4.15. The van der Waals surface area contributed by atoms with E-state index in [4.69, 9.17) is 0 Å².